The number of aryl methyl sites for hydroxylation is 1. The van der Waals surface area contributed by atoms with E-state index in [1.54, 1.807) is 0 Å². The van der Waals surface area contributed by atoms with Crippen molar-refractivity contribution in [2.24, 2.45) is 0 Å². The molecule has 0 saturated heterocycles. The van der Waals surface area contributed by atoms with Crippen LogP contribution in [0, 0.1) is 6.92 Å². The quantitative estimate of drug-likeness (QED) is 0.816. The van der Waals surface area contributed by atoms with Gasteiger partial charge >= 0.3 is 0 Å². The third-order valence-electron chi connectivity index (χ3n) is 3.92. The summed E-state index contributed by atoms with van der Waals surface area (Å²) >= 11 is 0. The van der Waals surface area contributed by atoms with Gasteiger partial charge in [0.2, 0.25) is 0 Å². The van der Waals surface area contributed by atoms with Gasteiger partial charge < -0.3 is 9.74 Å². The van der Waals surface area contributed by atoms with Crippen molar-refractivity contribution >= 4 is 8.32 Å². The third kappa shape index (κ3) is 4.44. The molecule has 0 atom stereocenters. The second-order valence-electron chi connectivity index (χ2n) is 6.64. The number of nitrogens with zero attached hydrogens (tertiary/aromatic N) is 2. The molecule has 4 nitrogen and oxygen atoms in total. The minimum Gasteiger partial charge on any atom is -0.415 e. The van der Waals surface area contributed by atoms with Gasteiger partial charge in [0.05, 0.1) is 24.5 Å². The van der Waals surface area contributed by atoms with Crippen molar-refractivity contribution in [2.45, 2.75) is 58.9 Å². The molecule has 19 heavy (non-hydrogen) atoms. The van der Waals surface area contributed by atoms with E-state index in [1.165, 1.54) is 5.69 Å². The van der Waals surface area contributed by atoms with Gasteiger partial charge in [-0.2, -0.15) is 5.10 Å². The van der Waals surface area contributed by atoms with E-state index < -0.39 is 8.32 Å². The minimum atomic E-state index is -1.64. The fourth-order valence-electron chi connectivity index (χ4n) is 1.72. The molecule has 1 rings (SSSR count). The molecule has 1 N–H and O–H groups in total. The molecule has 1 aromatic heterocycles. The Balaban J connectivity index is 2.58. The van der Waals surface area contributed by atoms with E-state index in [9.17, 15) is 0 Å². The first-order valence-electron chi connectivity index (χ1n) is 6.99. The average molecular weight is 283 g/mol. The molecule has 0 saturated carbocycles. The second-order valence-corrected chi connectivity index (χ2v) is 11.4. The molecule has 0 unspecified atom stereocenters. The molecule has 0 aliphatic rings. The van der Waals surface area contributed by atoms with Gasteiger partial charge in [-0.1, -0.05) is 20.8 Å². The molecule has 0 aliphatic heterocycles. The van der Waals surface area contributed by atoms with Gasteiger partial charge in [0.1, 0.15) is 0 Å². The van der Waals surface area contributed by atoms with E-state index in [2.05, 4.69) is 55.0 Å². The van der Waals surface area contributed by atoms with Crippen LogP contribution in [0.2, 0.25) is 18.1 Å². The SMILES string of the molecule is CNCc1cc(C)nn1CCO[Si](C)(C)C(C)(C)C. The molecule has 0 fully saturated rings. The Kier molecular flexibility index (Phi) is 5.35. The summed E-state index contributed by atoms with van der Waals surface area (Å²) in [4.78, 5) is 0. The van der Waals surface area contributed by atoms with Gasteiger partial charge in [0.25, 0.3) is 0 Å². The van der Waals surface area contributed by atoms with E-state index >= 15 is 0 Å². The molecule has 1 aromatic rings. The summed E-state index contributed by atoms with van der Waals surface area (Å²) < 4.78 is 8.25. The number of aromatic nitrogens is 2. The maximum absolute atomic E-state index is 6.20. The number of hydrogen-bond acceptors (Lipinski definition) is 3. The van der Waals surface area contributed by atoms with Crippen LogP contribution in [0.15, 0.2) is 6.07 Å². The van der Waals surface area contributed by atoms with Crippen molar-refractivity contribution in [3.05, 3.63) is 17.5 Å². The van der Waals surface area contributed by atoms with Crippen LogP contribution in [-0.4, -0.2) is 31.8 Å². The molecule has 0 aromatic carbocycles. The number of nitrogens with one attached hydrogen (secondary N) is 1. The lowest BCUT2D eigenvalue weighted by atomic mass is 10.2. The van der Waals surface area contributed by atoms with Gasteiger partial charge in [0, 0.05) is 6.54 Å². The van der Waals surface area contributed by atoms with E-state index in [0.29, 0.717) is 0 Å². The van der Waals surface area contributed by atoms with Gasteiger partial charge in [-0.3, -0.25) is 4.68 Å². The van der Waals surface area contributed by atoms with Crippen LogP contribution in [0.5, 0.6) is 0 Å². The maximum Gasteiger partial charge on any atom is 0.192 e. The number of hydrogen-bond donors (Lipinski definition) is 1. The number of rotatable bonds is 6. The summed E-state index contributed by atoms with van der Waals surface area (Å²) in [5, 5.41) is 7.96. The van der Waals surface area contributed by atoms with Crippen LogP contribution in [0.3, 0.4) is 0 Å². The highest BCUT2D eigenvalue weighted by Gasteiger charge is 2.36. The smallest absolute Gasteiger partial charge is 0.192 e. The van der Waals surface area contributed by atoms with Crippen LogP contribution in [0.25, 0.3) is 0 Å². The van der Waals surface area contributed by atoms with Crippen molar-refractivity contribution in [3.8, 4) is 0 Å². The summed E-state index contributed by atoms with van der Waals surface area (Å²) in [6.45, 7) is 15.8. The molecule has 0 radical (unpaired) electrons. The minimum absolute atomic E-state index is 0.265. The van der Waals surface area contributed by atoms with Crippen LogP contribution in [-0.2, 0) is 17.5 Å². The fourth-order valence-corrected chi connectivity index (χ4v) is 2.75. The molecule has 0 bridgehead atoms. The molecular formula is C14H29N3OSi. The van der Waals surface area contributed by atoms with Gasteiger partial charge in [-0.15, -0.1) is 0 Å². The summed E-state index contributed by atoms with van der Waals surface area (Å²) in [5.74, 6) is 0. The predicted molar refractivity (Wildman–Crippen MR) is 82.9 cm³/mol. The zero-order chi connectivity index (χ0) is 14.7. The van der Waals surface area contributed by atoms with E-state index in [4.69, 9.17) is 4.43 Å². The highest BCUT2D eigenvalue weighted by molar-refractivity contribution is 6.74. The lowest BCUT2D eigenvalue weighted by molar-refractivity contribution is 0.263. The summed E-state index contributed by atoms with van der Waals surface area (Å²) in [6, 6.07) is 2.13. The van der Waals surface area contributed by atoms with E-state index in [1.807, 2.05) is 14.0 Å². The molecule has 1 heterocycles. The zero-order valence-electron chi connectivity index (χ0n) is 13.5. The molecule has 0 spiro atoms. The normalized spacial score (nSPS) is 13.0. The Labute approximate surface area is 118 Å². The molecular weight excluding hydrogens is 254 g/mol. The van der Waals surface area contributed by atoms with Crippen molar-refractivity contribution in [1.82, 2.24) is 15.1 Å². The van der Waals surface area contributed by atoms with Crippen LogP contribution >= 0.6 is 0 Å². The first kappa shape index (κ1) is 16.4. The average Bonchev–Trinajstić information content (AvgIpc) is 2.58. The van der Waals surface area contributed by atoms with Crippen molar-refractivity contribution < 1.29 is 4.43 Å². The highest BCUT2D eigenvalue weighted by atomic mass is 28.4. The maximum atomic E-state index is 6.20. The fraction of sp³-hybridized carbons (Fsp3) is 0.786. The van der Waals surface area contributed by atoms with Crippen molar-refractivity contribution in [1.29, 1.82) is 0 Å². The molecule has 110 valence electrons. The first-order chi connectivity index (χ1) is 8.67. The van der Waals surface area contributed by atoms with Crippen LogP contribution in [0.1, 0.15) is 32.2 Å². The Morgan fingerprint density at radius 2 is 2.00 bits per heavy atom. The summed E-state index contributed by atoms with van der Waals surface area (Å²) in [6.07, 6.45) is 0. The van der Waals surface area contributed by atoms with Gasteiger partial charge in [-0.05, 0) is 38.2 Å². The monoisotopic (exact) mass is 283 g/mol. The molecule has 5 heteroatoms. The van der Waals surface area contributed by atoms with Crippen LogP contribution in [0.4, 0.5) is 0 Å². The largest absolute Gasteiger partial charge is 0.415 e. The van der Waals surface area contributed by atoms with Crippen molar-refractivity contribution in [2.75, 3.05) is 13.7 Å². The summed E-state index contributed by atoms with van der Waals surface area (Å²) in [7, 11) is 0.313. The highest BCUT2D eigenvalue weighted by Crippen LogP contribution is 2.36. The third-order valence-corrected chi connectivity index (χ3v) is 8.45. The molecule has 0 aliphatic carbocycles. The van der Waals surface area contributed by atoms with Crippen molar-refractivity contribution in [3.63, 3.8) is 0 Å². The Morgan fingerprint density at radius 1 is 1.37 bits per heavy atom. The summed E-state index contributed by atoms with van der Waals surface area (Å²) in [5.41, 5.74) is 2.29. The topological polar surface area (TPSA) is 39.1 Å². The van der Waals surface area contributed by atoms with Gasteiger partial charge in [0.15, 0.2) is 8.32 Å². The Hall–Kier alpha value is -0.653. The van der Waals surface area contributed by atoms with Gasteiger partial charge in [-0.25, -0.2) is 0 Å². The Bertz CT molecular complexity index is 407. The lowest BCUT2D eigenvalue weighted by Gasteiger charge is -2.36. The molecule has 0 amide bonds. The van der Waals surface area contributed by atoms with E-state index in [0.717, 1.165) is 25.4 Å². The lowest BCUT2D eigenvalue weighted by Crippen LogP contribution is -2.41. The predicted octanol–water partition coefficient (Wildman–Crippen LogP) is 2.93. The van der Waals surface area contributed by atoms with Crippen LogP contribution < -0.4 is 5.32 Å². The first-order valence-corrected chi connectivity index (χ1v) is 9.90. The van der Waals surface area contributed by atoms with E-state index in [-0.39, 0.29) is 5.04 Å². The second kappa shape index (κ2) is 6.20. The standard InChI is InChI=1S/C14H29N3OSi/c1-12-10-13(11-15-5)17(16-12)8-9-18-19(6,7)14(2,3)4/h10,15H,8-9,11H2,1-7H3. The Morgan fingerprint density at radius 3 is 2.53 bits per heavy atom. The zero-order valence-corrected chi connectivity index (χ0v) is 14.5.